The molecule has 9 heteroatoms. The summed E-state index contributed by atoms with van der Waals surface area (Å²) >= 11 is 7.81. The van der Waals surface area contributed by atoms with Crippen molar-refractivity contribution in [2.75, 3.05) is 0 Å². The number of carbonyl (C=O) groups excluding carboxylic acids is 1. The second-order valence-electron chi connectivity index (χ2n) is 9.29. The molecule has 0 bridgehead atoms. The summed E-state index contributed by atoms with van der Waals surface area (Å²) in [6, 6.07) is 13.3. The number of hydrogen-bond donors (Lipinski definition) is 2. The molecule has 0 saturated heterocycles. The van der Waals surface area contributed by atoms with Crippen LogP contribution in [-0.4, -0.2) is 20.8 Å². The summed E-state index contributed by atoms with van der Waals surface area (Å²) in [5, 5.41) is 13.3. The largest absolute Gasteiger partial charge is 0.484 e. The first kappa shape index (κ1) is 24.7. The zero-order valence-corrected chi connectivity index (χ0v) is 21.5. The van der Waals surface area contributed by atoms with Crippen LogP contribution in [0.2, 0.25) is 5.02 Å². The van der Waals surface area contributed by atoms with Crippen molar-refractivity contribution in [3.63, 3.8) is 0 Å². The van der Waals surface area contributed by atoms with E-state index in [0.717, 1.165) is 21.7 Å². The van der Waals surface area contributed by atoms with Crippen LogP contribution in [0.5, 0.6) is 5.75 Å². The summed E-state index contributed by atoms with van der Waals surface area (Å²) < 4.78 is 8.00. The van der Waals surface area contributed by atoms with E-state index in [1.165, 1.54) is 11.3 Å². The van der Waals surface area contributed by atoms with E-state index in [4.69, 9.17) is 22.1 Å². The Morgan fingerprint density at radius 1 is 1.31 bits per heavy atom. The molecule has 180 valence electrons. The second-order valence-corrected chi connectivity index (χ2v) is 10.7. The Morgan fingerprint density at radius 3 is 2.74 bits per heavy atom. The Hall–Kier alpha value is -3.38. The smallest absolute Gasteiger partial charge is 0.262 e. The topological polar surface area (TPSA) is 105 Å². The molecule has 1 atom stereocenters. The van der Waals surface area contributed by atoms with Gasteiger partial charge in [-0.2, -0.15) is 5.26 Å². The van der Waals surface area contributed by atoms with Crippen molar-refractivity contribution in [3.05, 3.63) is 75.4 Å². The molecule has 1 unspecified atom stereocenters. The molecule has 4 aromatic rings. The number of ether oxygens (including phenoxy) is 1. The molecular weight excluding hydrogens is 482 g/mol. The highest BCUT2D eigenvalue weighted by Crippen LogP contribution is 2.39. The van der Waals surface area contributed by atoms with Gasteiger partial charge in [-0.05, 0) is 51.5 Å². The fourth-order valence-corrected chi connectivity index (χ4v) is 4.93. The Balaban J connectivity index is 1.62. The van der Waals surface area contributed by atoms with Gasteiger partial charge in [0.1, 0.15) is 28.4 Å². The minimum absolute atomic E-state index is 0.000379. The van der Waals surface area contributed by atoms with Gasteiger partial charge < -0.3 is 15.8 Å². The molecule has 3 heterocycles. The van der Waals surface area contributed by atoms with E-state index in [9.17, 15) is 10.1 Å². The Morgan fingerprint density at radius 2 is 2.09 bits per heavy atom. The van der Waals surface area contributed by atoms with Crippen LogP contribution in [-0.2, 0) is 6.54 Å². The minimum Gasteiger partial charge on any atom is -0.484 e. The number of rotatable bonds is 7. The van der Waals surface area contributed by atoms with Crippen molar-refractivity contribution in [1.82, 2.24) is 14.7 Å². The molecule has 4 rings (SSSR count). The highest BCUT2D eigenvalue weighted by atomic mass is 35.5. The monoisotopic (exact) mass is 507 g/mol. The standard InChI is InChI=1S/C26H26ClN5O2S/c1-15(18-7-5-16(9-19(18)27)12-31-26(2,3)4)34-21-10-22(35-24(21)25(29)33)20-13-30-23-8-6-17(11-28)14-32(20)23/h5-10,13-15,31H,12H2,1-4H3,(H2,29,33). The number of carbonyl (C=O) groups is 1. The number of nitrogens with two attached hydrogens (primary N) is 1. The third-order valence-electron chi connectivity index (χ3n) is 5.44. The van der Waals surface area contributed by atoms with Crippen molar-refractivity contribution in [2.45, 2.75) is 45.9 Å². The molecule has 0 saturated carbocycles. The summed E-state index contributed by atoms with van der Waals surface area (Å²) in [5.41, 5.74) is 9.48. The first-order chi connectivity index (χ1) is 16.6. The number of benzene rings is 1. The van der Waals surface area contributed by atoms with Gasteiger partial charge in [-0.25, -0.2) is 4.98 Å². The van der Waals surface area contributed by atoms with Crippen LogP contribution >= 0.6 is 22.9 Å². The van der Waals surface area contributed by atoms with E-state index in [-0.39, 0.29) is 5.54 Å². The van der Waals surface area contributed by atoms with Gasteiger partial charge in [0.25, 0.3) is 5.91 Å². The summed E-state index contributed by atoms with van der Waals surface area (Å²) in [4.78, 5) is 17.7. The number of halogens is 1. The molecule has 0 fully saturated rings. The third kappa shape index (κ3) is 5.49. The van der Waals surface area contributed by atoms with Gasteiger partial charge in [0.2, 0.25) is 0 Å². The number of nitriles is 1. The molecule has 0 radical (unpaired) electrons. The van der Waals surface area contributed by atoms with Crippen LogP contribution in [0.25, 0.3) is 16.2 Å². The van der Waals surface area contributed by atoms with E-state index in [0.29, 0.717) is 33.4 Å². The van der Waals surface area contributed by atoms with Gasteiger partial charge in [0.15, 0.2) is 0 Å². The SMILES string of the molecule is CC(Oc1cc(-c2cnc3ccc(C#N)cn23)sc1C(N)=O)c1ccc(CNC(C)(C)C)cc1Cl. The van der Waals surface area contributed by atoms with Crippen LogP contribution in [0.4, 0.5) is 0 Å². The lowest BCUT2D eigenvalue weighted by molar-refractivity contribution is 0.0998. The maximum Gasteiger partial charge on any atom is 0.262 e. The molecule has 0 aliphatic rings. The van der Waals surface area contributed by atoms with Crippen LogP contribution in [0, 0.1) is 11.3 Å². The fraction of sp³-hybridized carbons (Fsp3) is 0.269. The van der Waals surface area contributed by atoms with E-state index < -0.39 is 12.0 Å². The van der Waals surface area contributed by atoms with E-state index >= 15 is 0 Å². The molecule has 7 nitrogen and oxygen atoms in total. The number of amides is 1. The predicted octanol–water partition coefficient (Wildman–Crippen LogP) is 5.71. The lowest BCUT2D eigenvalue weighted by Crippen LogP contribution is -2.35. The lowest BCUT2D eigenvalue weighted by atomic mass is 10.1. The van der Waals surface area contributed by atoms with Gasteiger partial charge in [-0.3, -0.25) is 9.20 Å². The quantitative estimate of drug-likeness (QED) is 0.333. The molecule has 1 aromatic carbocycles. The molecule has 0 aliphatic heterocycles. The lowest BCUT2D eigenvalue weighted by Gasteiger charge is -2.21. The van der Waals surface area contributed by atoms with Crippen molar-refractivity contribution >= 4 is 34.5 Å². The van der Waals surface area contributed by atoms with E-state index in [1.54, 1.807) is 30.6 Å². The Kier molecular flexibility index (Phi) is 6.86. The van der Waals surface area contributed by atoms with Crippen molar-refractivity contribution in [3.8, 4) is 22.4 Å². The number of fused-ring (bicyclic) bond motifs is 1. The molecule has 3 aromatic heterocycles. The highest BCUT2D eigenvalue weighted by Gasteiger charge is 2.22. The van der Waals surface area contributed by atoms with Crippen LogP contribution in [0.3, 0.4) is 0 Å². The second kappa shape index (κ2) is 9.70. The van der Waals surface area contributed by atoms with Gasteiger partial charge in [-0.1, -0.05) is 23.7 Å². The number of imidazole rings is 1. The van der Waals surface area contributed by atoms with Gasteiger partial charge in [0, 0.05) is 34.9 Å². The number of aromatic nitrogens is 2. The Bertz CT molecular complexity index is 1440. The number of nitrogens with one attached hydrogen (secondary N) is 1. The van der Waals surface area contributed by atoms with E-state index in [2.05, 4.69) is 37.1 Å². The van der Waals surface area contributed by atoms with Gasteiger partial charge in [-0.15, -0.1) is 11.3 Å². The normalized spacial score (nSPS) is 12.5. The molecular formula is C26H26ClN5O2S. The van der Waals surface area contributed by atoms with Crippen LogP contribution in [0.1, 0.15) is 60.2 Å². The average Bonchev–Trinajstić information content (AvgIpc) is 3.40. The van der Waals surface area contributed by atoms with Crippen molar-refractivity contribution in [1.29, 1.82) is 5.26 Å². The molecule has 35 heavy (non-hydrogen) atoms. The van der Waals surface area contributed by atoms with Crippen molar-refractivity contribution in [2.24, 2.45) is 5.73 Å². The highest BCUT2D eigenvalue weighted by molar-refractivity contribution is 7.17. The number of pyridine rings is 1. The van der Waals surface area contributed by atoms with Gasteiger partial charge in [0.05, 0.1) is 22.3 Å². The summed E-state index contributed by atoms with van der Waals surface area (Å²) in [7, 11) is 0. The first-order valence-electron chi connectivity index (χ1n) is 11.1. The van der Waals surface area contributed by atoms with Crippen molar-refractivity contribution < 1.29 is 9.53 Å². The number of hydrogen-bond acceptors (Lipinski definition) is 6. The van der Waals surface area contributed by atoms with Crippen LogP contribution < -0.4 is 15.8 Å². The fourth-order valence-electron chi connectivity index (χ4n) is 3.62. The number of thiophene rings is 1. The third-order valence-corrected chi connectivity index (χ3v) is 6.92. The number of primary amides is 1. The zero-order valence-electron chi connectivity index (χ0n) is 19.9. The molecule has 3 N–H and O–H groups in total. The summed E-state index contributed by atoms with van der Waals surface area (Å²) in [5.74, 6) is -0.199. The minimum atomic E-state index is -0.579. The molecule has 0 spiro atoms. The van der Waals surface area contributed by atoms with E-state index in [1.807, 2.05) is 29.5 Å². The molecule has 1 amide bonds. The summed E-state index contributed by atoms with van der Waals surface area (Å²) in [6.45, 7) is 8.91. The average molecular weight is 508 g/mol. The maximum absolute atomic E-state index is 12.2. The Labute approximate surface area is 213 Å². The number of nitrogens with zero attached hydrogens (tertiary/aromatic N) is 3. The molecule has 0 aliphatic carbocycles. The summed E-state index contributed by atoms with van der Waals surface area (Å²) in [6.07, 6.45) is 2.99. The van der Waals surface area contributed by atoms with Gasteiger partial charge >= 0.3 is 0 Å². The predicted molar refractivity (Wildman–Crippen MR) is 139 cm³/mol. The maximum atomic E-state index is 12.2. The zero-order chi connectivity index (χ0) is 25.3. The van der Waals surface area contributed by atoms with Crippen LogP contribution in [0.15, 0.2) is 48.8 Å². The first-order valence-corrected chi connectivity index (χ1v) is 12.3.